The maximum absolute atomic E-state index is 10.8. The van der Waals surface area contributed by atoms with Gasteiger partial charge >= 0.3 is 0 Å². The highest BCUT2D eigenvalue weighted by molar-refractivity contribution is 7.91. The highest BCUT2D eigenvalue weighted by Gasteiger charge is 2.56. The summed E-state index contributed by atoms with van der Waals surface area (Å²) in [6.07, 6.45) is 1.71. The van der Waals surface area contributed by atoms with Crippen molar-refractivity contribution in [1.82, 2.24) is 0 Å². The number of nitrogens with two attached hydrogens (primary N) is 2. The smallest absolute Gasteiger partial charge is 0.152 e. The third-order valence-electron chi connectivity index (χ3n) is 1.94. The van der Waals surface area contributed by atoms with Crippen LogP contribution in [-0.4, -0.2) is 32.0 Å². The predicted octanol–water partition coefficient (Wildman–Crippen LogP) is -1.54. The summed E-state index contributed by atoms with van der Waals surface area (Å²) < 4.78 is 21.7. The van der Waals surface area contributed by atoms with Crippen LogP contribution < -0.4 is 11.5 Å². The zero-order valence-electron chi connectivity index (χ0n) is 5.87. The van der Waals surface area contributed by atoms with Crippen LogP contribution >= 0.6 is 0 Å². The Morgan fingerprint density at radius 3 is 2.30 bits per heavy atom. The Morgan fingerprint density at radius 1 is 1.70 bits per heavy atom. The number of hydrogen-bond donors (Lipinski definition) is 2. The maximum atomic E-state index is 10.8. The minimum Gasteiger partial charge on any atom is -0.329 e. The van der Waals surface area contributed by atoms with Crippen LogP contribution in [-0.2, 0) is 9.84 Å². The molecule has 0 amide bonds. The second-order valence-electron chi connectivity index (χ2n) is 2.96. The normalized spacial score (nSPS) is 39.7. The molecule has 0 saturated heterocycles. The van der Waals surface area contributed by atoms with Crippen LogP contribution in [0.2, 0.25) is 0 Å². The van der Waals surface area contributed by atoms with E-state index in [0.29, 0.717) is 6.42 Å². The summed E-state index contributed by atoms with van der Waals surface area (Å²) in [4.78, 5) is 0. The third kappa shape index (κ3) is 1.16. The van der Waals surface area contributed by atoms with Gasteiger partial charge < -0.3 is 11.5 Å². The summed E-state index contributed by atoms with van der Waals surface area (Å²) in [6, 6.07) is 0. The molecule has 0 aromatic carbocycles. The first-order chi connectivity index (χ1) is 4.40. The lowest BCUT2D eigenvalue weighted by Gasteiger charge is -2.04. The topological polar surface area (TPSA) is 86.2 Å². The first-order valence-corrected chi connectivity index (χ1v) is 5.03. The van der Waals surface area contributed by atoms with Crippen LogP contribution in [0.5, 0.6) is 0 Å². The Hall–Kier alpha value is -0.130. The van der Waals surface area contributed by atoms with Crippen LogP contribution in [0, 0.1) is 0 Å². The lowest BCUT2D eigenvalue weighted by Crippen LogP contribution is -2.37. The molecule has 0 spiro atoms. The lowest BCUT2D eigenvalue weighted by molar-refractivity contribution is 0.592. The summed E-state index contributed by atoms with van der Waals surface area (Å²) >= 11 is 0. The lowest BCUT2D eigenvalue weighted by atomic mass is 10.3. The van der Waals surface area contributed by atoms with E-state index in [1.807, 2.05) is 0 Å². The fraction of sp³-hybridized carbons (Fsp3) is 1.00. The van der Waals surface area contributed by atoms with Crippen molar-refractivity contribution in [2.24, 2.45) is 11.5 Å². The van der Waals surface area contributed by atoms with E-state index in [9.17, 15) is 8.42 Å². The van der Waals surface area contributed by atoms with Crippen LogP contribution in [0.1, 0.15) is 6.42 Å². The zero-order valence-corrected chi connectivity index (χ0v) is 6.69. The van der Waals surface area contributed by atoms with Gasteiger partial charge in [-0.05, 0) is 6.42 Å². The van der Waals surface area contributed by atoms with E-state index < -0.39 is 20.6 Å². The highest BCUT2D eigenvalue weighted by atomic mass is 32.2. The second kappa shape index (κ2) is 1.93. The van der Waals surface area contributed by atoms with Crippen molar-refractivity contribution in [3.63, 3.8) is 0 Å². The molecule has 1 aliphatic rings. The van der Waals surface area contributed by atoms with E-state index in [1.165, 1.54) is 6.26 Å². The zero-order chi connectivity index (χ0) is 7.99. The van der Waals surface area contributed by atoms with Crippen LogP contribution in [0.25, 0.3) is 0 Å². The summed E-state index contributed by atoms with van der Waals surface area (Å²) in [5.74, 6) is 0. The molecule has 0 heterocycles. The van der Waals surface area contributed by atoms with E-state index >= 15 is 0 Å². The molecule has 4 nitrogen and oxygen atoms in total. The van der Waals surface area contributed by atoms with Gasteiger partial charge in [0.25, 0.3) is 0 Å². The molecule has 1 saturated carbocycles. The Balaban J connectivity index is 2.71. The summed E-state index contributed by atoms with van der Waals surface area (Å²) in [6.45, 7) is 0.255. The van der Waals surface area contributed by atoms with E-state index in [2.05, 4.69) is 0 Å². The van der Waals surface area contributed by atoms with Gasteiger partial charge in [-0.2, -0.15) is 0 Å². The fourth-order valence-corrected chi connectivity index (χ4v) is 2.64. The molecule has 1 rings (SSSR count). The Kier molecular flexibility index (Phi) is 1.54. The van der Waals surface area contributed by atoms with Crippen LogP contribution in [0.3, 0.4) is 0 Å². The summed E-state index contributed by atoms with van der Waals surface area (Å²) in [5.41, 5.74) is 10.2. The van der Waals surface area contributed by atoms with Crippen molar-refractivity contribution in [2.75, 3.05) is 12.8 Å². The van der Waals surface area contributed by atoms with Crippen molar-refractivity contribution in [3.8, 4) is 0 Å². The average Bonchev–Trinajstić information content (AvgIpc) is 2.43. The maximum Gasteiger partial charge on any atom is 0.152 e. The first kappa shape index (κ1) is 7.97. The van der Waals surface area contributed by atoms with Crippen molar-refractivity contribution in [2.45, 2.75) is 17.2 Å². The van der Waals surface area contributed by atoms with E-state index in [4.69, 9.17) is 11.5 Å². The van der Waals surface area contributed by atoms with Gasteiger partial charge in [-0.1, -0.05) is 0 Å². The fourth-order valence-electron chi connectivity index (χ4n) is 1.08. The monoisotopic (exact) mass is 164 g/mol. The van der Waals surface area contributed by atoms with E-state index in [0.717, 1.165) is 0 Å². The summed E-state index contributed by atoms with van der Waals surface area (Å²) in [5, 5.41) is -0.398. The Bertz CT molecular complexity index is 236. The molecule has 1 fully saturated rings. The molecule has 2 unspecified atom stereocenters. The second-order valence-corrected chi connectivity index (χ2v) is 5.19. The Morgan fingerprint density at radius 2 is 2.20 bits per heavy atom. The molecule has 0 radical (unpaired) electrons. The standard InChI is InChI=1S/C5H12N2O2S/c1-10(8,9)4-2-5(4,7)3-6/h4H,2-3,6-7H2,1H3. The third-order valence-corrected chi connectivity index (χ3v) is 3.61. The Labute approximate surface area is 60.5 Å². The number of rotatable bonds is 2. The van der Waals surface area contributed by atoms with Gasteiger partial charge in [0.2, 0.25) is 0 Å². The molecule has 60 valence electrons. The van der Waals surface area contributed by atoms with Crippen molar-refractivity contribution < 1.29 is 8.42 Å². The molecule has 1 aliphatic carbocycles. The van der Waals surface area contributed by atoms with E-state index in [-0.39, 0.29) is 6.54 Å². The van der Waals surface area contributed by atoms with Crippen LogP contribution in [0.15, 0.2) is 0 Å². The SMILES string of the molecule is CS(=O)(=O)C1CC1(N)CN. The predicted molar refractivity (Wildman–Crippen MR) is 39.2 cm³/mol. The molecule has 0 bridgehead atoms. The molecule has 10 heavy (non-hydrogen) atoms. The largest absolute Gasteiger partial charge is 0.329 e. The van der Waals surface area contributed by atoms with Crippen molar-refractivity contribution >= 4 is 9.84 Å². The van der Waals surface area contributed by atoms with E-state index in [1.54, 1.807) is 0 Å². The van der Waals surface area contributed by atoms with Crippen LogP contribution in [0.4, 0.5) is 0 Å². The highest BCUT2D eigenvalue weighted by Crippen LogP contribution is 2.37. The van der Waals surface area contributed by atoms with Crippen molar-refractivity contribution in [3.05, 3.63) is 0 Å². The van der Waals surface area contributed by atoms with Gasteiger partial charge in [0.05, 0.1) is 5.25 Å². The molecular formula is C5H12N2O2S. The first-order valence-electron chi connectivity index (χ1n) is 3.08. The molecule has 2 atom stereocenters. The van der Waals surface area contributed by atoms with Gasteiger partial charge in [0, 0.05) is 18.3 Å². The molecule has 5 heteroatoms. The van der Waals surface area contributed by atoms with Gasteiger partial charge in [-0.15, -0.1) is 0 Å². The minimum atomic E-state index is -2.95. The van der Waals surface area contributed by atoms with Gasteiger partial charge in [0.15, 0.2) is 9.84 Å². The molecule has 0 aromatic heterocycles. The molecular weight excluding hydrogens is 152 g/mol. The van der Waals surface area contributed by atoms with Crippen molar-refractivity contribution in [1.29, 1.82) is 0 Å². The van der Waals surface area contributed by atoms with Gasteiger partial charge in [-0.3, -0.25) is 0 Å². The molecule has 0 aliphatic heterocycles. The number of sulfone groups is 1. The molecule has 4 N–H and O–H groups in total. The molecule has 0 aromatic rings. The number of hydrogen-bond acceptors (Lipinski definition) is 4. The average molecular weight is 164 g/mol. The van der Waals surface area contributed by atoms with Gasteiger partial charge in [-0.25, -0.2) is 8.42 Å². The summed E-state index contributed by atoms with van der Waals surface area (Å²) in [7, 11) is -2.95. The quantitative estimate of drug-likeness (QED) is 0.518. The minimum absolute atomic E-state index is 0.255. The van der Waals surface area contributed by atoms with Gasteiger partial charge in [0.1, 0.15) is 0 Å².